The Balaban J connectivity index is 2.46. The summed E-state index contributed by atoms with van der Waals surface area (Å²) in [6, 6.07) is 7.27. The van der Waals surface area contributed by atoms with Crippen LogP contribution in [0.4, 0.5) is 4.79 Å². The Bertz CT molecular complexity index is 669. The number of rotatable bonds is 3. The summed E-state index contributed by atoms with van der Waals surface area (Å²) in [4.78, 5) is 26.0. The molecule has 0 aromatic heterocycles. The SMILES string of the molecule is CCOC(=O)C1=C(C)N(C)C(=O)NC1c1ccc(C(C)(C)C)cc1. The topological polar surface area (TPSA) is 58.6 Å². The van der Waals surface area contributed by atoms with Gasteiger partial charge < -0.3 is 15.0 Å². The third-order valence-electron chi connectivity index (χ3n) is 4.36. The van der Waals surface area contributed by atoms with Crippen LogP contribution in [0.3, 0.4) is 0 Å². The molecule has 0 fully saturated rings. The van der Waals surface area contributed by atoms with Crippen LogP contribution in [0.15, 0.2) is 35.5 Å². The van der Waals surface area contributed by atoms with Gasteiger partial charge in [-0.15, -0.1) is 0 Å². The highest BCUT2D eigenvalue weighted by atomic mass is 16.5. The first kappa shape index (κ1) is 18.0. The summed E-state index contributed by atoms with van der Waals surface area (Å²) >= 11 is 0. The lowest BCUT2D eigenvalue weighted by molar-refractivity contribution is -0.139. The monoisotopic (exact) mass is 330 g/mol. The summed E-state index contributed by atoms with van der Waals surface area (Å²) in [6.07, 6.45) is 0. The molecule has 1 heterocycles. The van der Waals surface area contributed by atoms with Gasteiger partial charge in [-0.3, -0.25) is 0 Å². The number of nitrogens with one attached hydrogen (secondary N) is 1. The predicted octanol–water partition coefficient (Wildman–Crippen LogP) is 3.52. The van der Waals surface area contributed by atoms with Crippen LogP contribution in [0.5, 0.6) is 0 Å². The molecular weight excluding hydrogens is 304 g/mol. The number of carbonyl (C=O) groups excluding carboxylic acids is 2. The minimum Gasteiger partial charge on any atom is -0.463 e. The number of allylic oxidation sites excluding steroid dienone is 1. The van der Waals surface area contributed by atoms with Crippen molar-refractivity contribution >= 4 is 12.0 Å². The summed E-state index contributed by atoms with van der Waals surface area (Å²) in [5.74, 6) is -0.397. The Kier molecular flexibility index (Phi) is 5.02. The summed E-state index contributed by atoms with van der Waals surface area (Å²) < 4.78 is 5.19. The molecule has 1 aliphatic heterocycles. The maximum atomic E-state index is 12.4. The third kappa shape index (κ3) is 3.45. The number of esters is 1. The Morgan fingerprint density at radius 1 is 1.25 bits per heavy atom. The van der Waals surface area contributed by atoms with Gasteiger partial charge in [-0.25, -0.2) is 9.59 Å². The van der Waals surface area contributed by atoms with Gasteiger partial charge in [0.25, 0.3) is 0 Å². The second-order valence-corrected chi connectivity index (χ2v) is 7.03. The minimum absolute atomic E-state index is 0.0459. The molecule has 0 aliphatic carbocycles. The van der Waals surface area contributed by atoms with E-state index in [1.54, 1.807) is 20.9 Å². The normalized spacial score (nSPS) is 18.5. The number of carbonyl (C=O) groups is 2. The maximum absolute atomic E-state index is 12.4. The highest BCUT2D eigenvalue weighted by molar-refractivity contribution is 5.94. The average Bonchev–Trinajstić information content (AvgIpc) is 2.51. The second-order valence-electron chi connectivity index (χ2n) is 7.03. The van der Waals surface area contributed by atoms with Crippen LogP contribution >= 0.6 is 0 Å². The van der Waals surface area contributed by atoms with Crippen LogP contribution in [0.25, 0.3) is 0 Å². The highest BCUT2D eigenvalue weighted by Crippen LogP contribution is 2.32. The molecule has 0 saturated carbocycles. The van der Waals surface area contributed by atoms with Gasteiger partial charge in [0, 0.05) is 12.7 Å². The zero-order valence-corrected chi connectivity index (χ0v) is 15.3. The molecule has 24 heavy (non-hydrogen) atoms. The van der Waals surface area contributed by atoms with Gasteiger partial charge in [-0.05, 0) is 30.4 Å². The van der Waals surface area contributed by atoms with E-state index in [2.05, 4.69) is 26.1 Å². The van der Waals surface area contributed by atoms with Crippen molar-refractivity contribution in [2.75, 3.05) is 13.7 Å². The molecule has 0 radical (unpaired) electrons. The van der Waals surface area contributed by atoms with Crippen molar-refractivity contribution in [1.82, 2.24) is 10.2 Å². The van der Waals surface area contributed by atoms with Crippen molar-refractivity contribution in [2.45, 2.75) is 46.1 Å². The quantitative estimate of drug-likeness (QED) is 0.863. The first-order chi connectivity index (χ1) is 11.2. The number of hydrogen-bond donors (Lipinski definition) is 1. The number of amides is 2. The number of benzene rings is 1. The Labute approximate surface area is 143 Å². The molecule has 2 amide bonds. The standard InChI is InChI=1S/C19H26N2O3/c1-7-24-17(22)15-12(2)21(6)18(23)20-16(15)13-8-10-14(11-9-13)19(3,4)5/h8-11,16H,7H2,1-6H3,(H,20,23). The first-order valence-corrected chi connectivity index (χ1v) is 8.19. The summed E-state index contributed by atoms with van der Waals surface area (Å²) in [5, 5.41) is 2.89. The summed E-state index contributed by atoms with van der Waals surface area (Å²) in [5.41, 5.74) is 3.20. The Morgan fingerprint density at radius 2 is 1.83 bits per heavy atom. The molecule has 0 spiro atoms. The molecule has 1 atom stereocenters. The van der Waals surface area contributed by atoms with Crippen LogP contribution in [0.1, 0.15) is 51.8 Å². The van der Waals surface area contributed by atoms with Crippen LogP contribution in [0.2, 0.25) is 0 Å². The maximum Gasteiger partial charge on any atom is 0.338 e. The van der Waals surface area contributed by atoms with Crippen LogP contribution in [-0.2, 0) is 14.9 Å². The zero-order valence-electron chi connectivity index (χ0n) is 15.3. The fraction of sp³-hybridized carbons (Fsp3) is 0.474. The summed E-state index contributed by atoms with van der Waals surface area (Å²) in [7, 11) is 1.64. The molecule has 1 N–H and O–H groups in total. The van der Waals surface area contributed by atoms with Crippen LogP contribution in [0, 0.1) is 0 Å². The minimum atomic E-state index is -0.498. The lowest BCUT2D eigenvalue weighted by Gasteiger charge is -2.33. The third-order valence-corrected chi connectivity index (χ3v) is 4.36. The van der Waals surface area contributed by atoms with Crippen molar-refractivity contribution in [3.05, 3.63) is 46.7 Å². The molecule has 130 valence electrons. The molecule has 5 nitrogen and oxygen atoms in total. The van der Waals surface area contributed by atoms with Crippen molar-refractivity contribution in [1.29, 1.82) is 0 Å². The highest BCUT2D eigenvalue weighted by Gasteiger charge is 2.34. The van der Waals surface area contributed by atoms with Crippen LogP contribution in [-0.4, -0.2) is 30.6 Å². The van der Waals surface area contributed by atoms with E-state index >= 15 is 0 Å². The van der Waals surface area contributed by atoms with E-state index in [1.807, 2.05) is 24.3 Å². The molecule has 1 aromatic rings. The van der Waals surface area contributed by atoms with Crippen LogP contribution < -0.4 is 5.32 Å². The van der Waals surface area contributed by atoms with E-state index in [4.69, 9.17) is 4.74 Å². The number of ether oxygens (including phenoxy) is 1. The van der Waals surface area contributed by atoms with E-state index < -0.39 is 12.0 Å². The van der Waals surface area contributed by atoms with Gasteiger partial charge in [0.2, 0.25) is 0 Å². The summed E-state index contributed by atoms with van der Waals surface area (Å²) in [6.45, 7) is 10.3. The van der Waals surface area contributed by atoms with Gasteiger partial charge in [-0.2, -0.15) is 0 Å². The van der Waals surface area contributed by atoms with Gasteiger partial charge >= 0.3 is 12.0 Å². The van der Waals surface area contributed by atoms with Crippen molar-refractivity contribution in [2.24, 2.45) is 0 Å². The second kappa shape index (κ2) is 6.67. The van der Waals surface area contributed by atoms with Gasteiger partial charge in [-0.1, -0.05) is 45.0 Å². The van der Waals surface area contributed by atoms with E-state index in [-0.39, 0.29) is 11.4 Å². The van der Waals surface area contributed by atoms with E-state index in [0.29, 0.717) is 17.9 Å². The molecule has 0 saturated heterocycles. The molecule has 5 heteroatoms. The van der Waals surface area contributed by atoms with Crippen molar-refractivity contribution in [3.8, 4) is 0 Å². The molecule has 1 unspecified atom stereocenters. The number of hydrogen-bond acceptors (Lipinski definition) is 3. The average molecular weight is 330 g/mol. The Hall–Kier alpha value is -2.30. The number of nitrogens with zero attached hydrogens (tertiary/aromatic N) is 1. The number of urea groups is 1. The van der Waals surface area contributed by atoms with Gasteiger partial charge in [0.15, 0.2) is 0 Å². The van der Waals surface area contributed by atoms with Gasteiger partial charge in [0.1, 0.15) is 0 Å². The van der Waals surface area contributed by atoms with E-state index in [0.717, 1.165) is 5.56 Å². The molecule has 1 aromatic carbocycles. The van der Waals surface area contributed by atoms with Crippen molar-refractivity contribution < 1.29 is 14.3 Å². The van der Waals surface area contributed by atoms with Crippen molar-refractivity contribution in [3.63, 3.8) is 0 Å². The molecule has 0 bridgehead atoms. The molecule has 2 rings (SSSR count). The fourth-order valence-corrected chi connectivity index (χ4v) is 2.73. The molecule has 1 aliphatic rings. The first-order valence-electron chi connectivity index (χ1n) is 8.19. The molecular formula is C19H26N2O3. The largest absolute Gasteiger partial charge is 0.463 e. The smallest absolute Gasteiger partial charge is 0.338 e. The van der Waals surface area contributed by atoms with Gasteiger partial charge in [0.05, 0.1) is 18.2 Å². The fourth-order valence-electron chi connectivity index (χ4n) is 2.73. The Morgan fingerprint density at radius 3 is 2.33 bits per heavy atom. The predicted molar refractivity (Wildman–Crippen MR) is 93.5 cm³/mol. The van der Waals surface area contributed by atoms with E-state index in [1.165, 1.54) is 10.5 Å². The zero-order chi connectivity index (χ0) is 18.1. The lowest BCUT2D eigenvalue weighted by atomic mass is 9.85. The lowest BCUT2D eigenvalue weighted by Crippen LogP contribution is -2.46. The van der Waals surface area contributed by atoms with E-state index in [9.17, 15) is 9.59 Å².